The van der Waals surface area contributed by atoms with Gasteiger partial charge in [0.1, 0.15) is 5.04 Å². The van der Waals surface area contributed by atoms with Crippen LogP contribution in [0.2, 0.25) is 0 Å². The van der Waals surface area contributed by atoms with Crippen LogP contribution in [0.1, 0.15) is 39.0 Å². The Balaban J connectivity index is 1.80. The molecule has 1 amide bonds. The highest BCUT2D eigenvalue weighted by molar-refractivity contribution is 8.26. The smallest absolute Gasteiger partial charge is 0.251 e. The first-order valence-corrected chi connectivity index (χ1v) is 6.19. The summed E-state index contributed by atoms with van der Waals surface area (Å²) in [5.74, 6) is 0.154. The van der Waals surface area contributed by atoms with Gasteiger partial charge in [-0.05, 0) is 37.4 Å². The molecule has 0 saturated heterocycles. The van der Waals surface area contributed by atoms with Gasteiger partial charge in [0.2, 0.25) is 5.17 Å². The number of carbonyl (C=O) groups excluding carboxylic acids is 1. The Morgan fingerprint density at radius 3 is 3.07 bits per heavy atom. The third kappa shape index (κ3) is 3.06. The first-order chi connectivity index (χ1) is 7.29. The van der Waals surface area contributed by atoms with Crippen molar-refractivity contribution < 1.29 is 4.79 Å². The molecule has 2 aliphatic rings. The molecule has 0 atom stereocenters. The summed E-state index contributed by atoms with van der Waals surface area (Å²) in [6.45, 7) is 2.14. The number of hydrogen-bond donors (Lipinski definition) is 0. The van der Waals surface area contributed by atoms with Crippen molar-refractivity contribution >= 4 is 27.9 Å². The third-order valence-electron chi connectivity index (χ3n) is 2.33. The van der Waals surface area contributed by atoms with Gasteiger partial charge in [0, 0.05) is 5.92 Å². The second-order valence-electron chi connectivity index (χ2n) is 3.81. The van der Waals surface area contributed by atoms with Crippen molar-refractivity contribution in [3.63, 3.8) is 0 Å². The van der Waals surface area contributed by atoms with E-state index in [-0.39, 0.29) is 11.8 Å². The van der Waals surface area contributed by atoms with Gasteiger partial charge >= 0.3 is 0 Å². The summed E-state index contributed by atoms with van der Waals surface area (Å²) in [6.07, 6.45) is 5.19. The molecule has 1 saturated carbocycles. The van der Waals surface area contributed by atoms with Crippen molar-refractivity contribution in [2.75, 3.05) is 0 Å². The lowest BCUT2D eigenvalue weighted by Gasteiger charge is -1.94. The second-order valence-corrected chi connectivity index (χ2v) is 4.85. The van der Waals surface area contributed by atoms with E-state index >= 15 is 0 Å². The second kappa shape index (κ2) is 4.79. The van der Waals surface area contributed by atoms with Crippen LogP contribution >= 0.6 is 11.8 Å². The molecule has 4 nitrogen and oxygen atoms in total. The highest BCUT2D eigenvalue weighted by Crippen LogP contribution is 2.31. The van der Waals surface area contributed by atoms with Crippen LogP contribution < -0.4 is 5.43 Å². The summed E-state index contributed by atoms with van der Waals surface area (Å²) in [7, 11) is 0. The number of aliphatic imine (C=N–C) groups is 1. The molecule has 1 aliphatic carbocycles. The monoisotopic (exact) mass is 224 g/mol. The Morgan fingerprint density at radius 1 is 1.60 bits per heavy atom. The van der Waals surface area contributed by atoms with E-state index < -0.39 is 0 Å². The Labute approximate surface area is 93.6 Å². The molecule has 0 aromatic heterocycles. The number of amides is 1. The Hall–Kier alpha value is -0.840. The fourth-order valence-corrected chi connectivity index (χ4v) is 1.99. The van der Waals surface area contributed by atoms with E-state index in [0.717, 1.165) is 37.1 Å². The van der Waals surface area contributed by atoms with Crippen molar-refractivity contribution in [1.82, 2.24) is 5.43 Å². The minimum absolute atomic E-state index is 0.0202. The molecule has 1 fully saturated rings. The number of hydrogen-bond acceptors (Lipinski definition) is 3. The van der Waals surface area contributed by atoms with E-state index in [1.165, 1.54) is 11.8 Å². The lowest BCUT2D eigenvalue weighted by Crippen LogP contribution is -2.05. The van der Waals surface area contributed by atoms with Crippen molar-refractivity contribution in [2.24, 2.45) is 16.0 Å². The highest BCUT2D eigenvalue weighted by atomic mass is 32.2. The van der Waals surface area contributed by atoms with Crippen molar-refractivity contribution in [1.29, 1.82) is 0 Å². The van der Waals surface area contributed by atoms with Crippen LogP contribution in [0.25, 0.3) is 0 Å². The highest BCUT2D eigenvalue weighted by Gasteiger charge is 2.30. The van der Waals surface area contributed by atoms with Crippen molar-refractivity contribution in [3.8, 4) is 0 Å². The van der Waals surface area contributed by atoms with Crippen molar-refractivity contribution in [2.45, 2.75) is 39.0 Å². The Bertz CT molecular complexity index is 321. The molecule has 0 spiro atoms. The van der Waals surface area contributed by atoms with Gasteiger partial charge in [-0.1, -0.05) is 13.3 Å². The van der Waals surface area contributed by atoms with Crippen LogP contribution in [-0.4, -0.2) is 16.1 Å². The maximum absolute atomic E-state index is 11.4. The first kappa shape index (κ1) is 10.7. The largest absolute Gasteiger partial charge is 0.272 e. The number of carbonyl (C=O) groups is 1. The molecule has 81 valence electrons. The molecule has 0 bridgehead atoms. The lowest BCUT2D eigenvalue weighted by atomic mass is 10.3. The predicted octanol–water partition coefficient (Wildman–Crippen LogP) is 2.13. The zero-order valence-electron chi connectivity index (χ0n) is 8.77. The Morgan fingerprint density at radius 2 is 2.40 bits per heavy atom. The molecule has 0 aromatic carbocycles. The zero-order valence-corrected chi connectivity index (χ0v) is 9.59. The molecule has 0 unspecified atom stereocenters. The fourth-order valence-electron chi connectivity index (χ4n) is 1.23. The number of thioether (sulfide) groups is 1. The van der Waals surface area contributed by atoms with Gasteiger partial charge in [0.15, 0.2) is 0 Å². The van der Waals surface area contributed by atoms with Crippen LogP contribution in [-0.2, 0) is 4.79 Å². The molecule has 0 N–H and O–H groups in total. The van der Waals surface area contributed by atoms with E-state index in [1.54, 1.807) is 0 Å². The Kier molecular flexibility index (Phi) is 3.41. The average Bonchev–Trinajstić information content (AvgIpc) is 2.99. The van der Waals surface area contributed by atoms with E-state index in [1.807, 2.05) is 0 Å². The average molecular weight is 224 g/mol. The molecule has 2 rings (SSSR count). The SMILES string of the molecule is CCCCC1=N[N]C(=NC(=O)C2CC2)S1. The molecule has 1 heterocycles. The number of rotatable bonds is 4. The van der Waals surface area contributed by atoms with Gasteiger partial charge in [0.05, 0.1) is 0 Å². The van der Waals surface area contributed by atoms with E-state index in [4.69, 9.17) is 0 Å². The van der Waals surface area contributed by atoms with E-state index in [9.17, 15) is 4.79 Å². The molecule has 1 aliphatic heterocycles. The fraction of sp³-hybridized carbons (Fsp3) is 0.700. The summed E-state index contributed by atoms with van der Waals surface area (Å²) in [4.78, 5) is 15.3. The van der Waals surface area contributed by atoms with Crippen LogP contribution in [0.15, 0.2) is 10.1 Å². The van der Waals surface area contributed by atoms with Gasteiger partial charge in [-0.3, -0.25) is 4.79 Å². The minimum atomic E-state index is -0.0202. The van der Waals surface area contributed by atoms with Gasteiger partial charge < -0.3 is 0 Å². The number of unbranched alkanes of at least 4 members (excludes halogenated alkanes) is 1. The molecule has 5 heteroatoms. The normalized spacial score (nSPS) is 22.7. The van der Waals surface area contributed by atoms with Gasteiger partial charge in [-0.15, -0.1) is 10.5 Å². The summed E-state index contributed by atoms with van der Waals surface area (Å²) in [5, 5.41) is 5.52. The standard InChI is InChI=1S/C10H14N3OS/c1-2-3-4-8-12-13-10(15-8)11-9(14)7-5-6-7/h7H,2-6H2,1H3. The maximum atomic E-state index is 11.4. The molecule has 0 aromatic rings. The quantitative estimate of drug-likeness (QED) is 0.734. The summed E-state index contributed by atoms with van der Waals surface area (Å²) >= 11 is 1.44. The number of amidine groups is 1. The van der Waals surface area contributed by atoms with Crippen LogP contribution in [0, 0.1) is 5.92 Å². The zero-order chi connectivity index (χ0) is 10.7. The topological polar surface area (TPSA) is 55.9 Å². The van der Waals surface area contributed by atoms with Gasteiger partial charge in [-0.25, -0.2) is 0 Å². The minimum Gasteiger partial charge on any atom is -0.272 e. The summed E-state index contributed by atoms with van der Waals surface area (Å²) < 4.78 is 0. The summed E-state index contributed by atoms with van der Waals surface area (Å²) in [5.41, 5.74) is 3.90. The van der Waals surface area contributed by atoms with Crippen molar-refractivity contribution in [3.05, 3.63) is 0 Å². The first-order valence-electron chi connectivity index (χ1n) is 5.37. The van der Waals surface area contributed by atoms with Crippen LogP contribution in [0.5, 0.6) is 0 Å². The molecule has 15 heavy (non-hydrogen) atoms. The van der Waals surface area contributed by atoms with E-state index in [2.05, 4.69) is 22.4 Å². The summed E-state index contributed by atoms with van der Waals surface area (Å²) in [6, 6.07) is 0. The molecule has 1 radical (unpaired) electrons. The maximum Gasteiger partial charge on any atom is 0.251 e. The molecular weight excluding hydrogens is 210 g/mol. The van der Waals surface area contributed by atoms with Gasteiger partial charge in [0.25, 0.3) is 5.91 Å². The molecular formula is C10H14N3OS. The van der Waals surface area contributed by atoms with Crippen LogP contribution in [0.3, 0.4) is 0 Å². The third-order valence-corrected chi connectivity index (χ3v) is 3.21. The van der Waals surface area contributed by atoms with Crippen LogP contribution in [0.4, 0.5) is 0 Å². The lowest BCUT2D eigenvalue weighted by molar-refractivity contribution is -0.118. The predicted molar refractivity (Wildman–Crippen MR) is 61.9 cm³/mol. The number of nitrogens with zero attached hydrogens (tertiary/aromatic N) is 3. The van der Waals surface area contributed by atoms with Gasteiger partial charge in [-0.2, -0.15) is 4.99 Å². The van der Waals surface area contributed by atoms with E-state index in [0.29, 0.717) is 5.17 Å².